The Labute approximate surface area is 144 Å². The summed E-state index contributed by atoms with van der Waals surface area (Å²) in [7, 11) is 0. The zero-order valence-electron chi connectivity index (χ0n) is 14.1. The molecule has 136 valence electrons. The third-order valence-electron chi connectivity index (χ3n) is 5.18. The van der Waals surface area contributed by atoms with Crippen LogP contribution in [0.25, 0.3) is 11.2 Å². The zero-order valence-corrected chi connectivity index (χ0v) is 14.1. The number of hydrogen-bond donors (Lipinski definition) is 3. The lowest BCUT2D eigenvalue weighted by molar-refractivity contribution is -0.0950. The molecule has 2 aromatic rings. The topological polar surface area (TPSA) is 117 Å². The minimum atomic E-state index is -1.57. The van der Waals surface area contributed by atoms with E-state index in [9.17, 15) is 15.3 Å². The van der Waals surface area contributed by atoms with E-state index in [0.717, 1.165) is 31.7 Å². The van der Waals surface area contributed by atoms with Crippen LogP contribution in [-0.4, -0.2) is 72.3 Å². The number of fused-ring (bicyclic) bond motifs is 1. The van der Waals surface area contributed by atoms with Crippen molar-refractivity contribution in [1.29, 1.82) is 0 Å². The molecule has 2 aromatic heterocycles. The Balaban J connectivity index is 1.74. The summed E-state index contributed by atoms with van der Waals surface area (Å²) in [6.45, 7) is 2.97. The second-order valence-electron chi connectivity index (χ2n) is 6.95. The van der Waals surface area contributed by atoms with Crippen molar-refractivity contribution >= 4 is 17.0 Å². The largest absolute Gasteiger partial charge is 0.394 e. The summed E-state index contributed by atoms with van der Waals surface area (Å²) >= 11 is 0. The number of piperidine rings is 1. The number of nitrogens with zero attached hydrogens (tertiary/aromatic N) is 5. The summed E-state index contributed by atoms with van der Waals surface area (Å²) in [5, 5.41) is 30.3. The number of aromatic nitrogens is 4. The van der Waals surface area contributed by atoms with Gasteiger partial charge in [-0.15, -0.1) is 0 Å². The van der Waals surface area contributed by atoms with Gasteiger partial charge in [0.05, 0.1) is 12.9 Å². The van der Waals surface area contributed by atoms with Gasteiger partial charge in [-0.2, -0.15) is 0 Å². The van der Waals surface area contributed by atoms with Crippen LogP contribution in [0.15, 0.2) is 12.7 Å². The molecule has 2 saturated heterocycles. The molecule has 4 atom stereocenters. The smallest absolute Gasteiger partial charge is 0.168 e. The quantitative estimate of drug-likeness (QED) is 0.699. The van der Waals surface area contributed by atoms with E-state index in [1.807, 2.05) is 0 Å². The maximum absolute atomic E-state index is 10.7. The highest BCUT2D eigenvalue weighted by atomic mass is 16.6. The van der Waals surface area contributed by atoms with Crippen molar-refractivity contribution in [3.8, 4) is 0 Å². The first-order valence-corrected chi connectivity index (χ1v) is 8.63. The van der Waals surface area contributed by atoms with E-state index in [2.05, 4.69) is 19.9 Å². The third-order valence-corrected chi connectivity index (χ3v) is 5.18. The SMILES string of the molecule is C[C@@]1(O)[C@H](O)[C@@H](CO)O[C@H]1n1cnc2c(N3CCCCC3)ncnc21. The molecule has 2 aliphatic heterocycles. The minimum absolute atomic E-state index is 0.380. The van der Waals surface area contributed by atoms with E-state index >= 15 is 0 Å². The first-order chi connectivity index (χ1) is 12.0. The maximum atomic E-state index is 10.7. The van der Waals surface area contributed by atoms with Crippen molar-refractivity contribution in [2.24, 2.45) is 0 Å². The lowest BCUT2D eigenvalue weighted by Crippen LogP contribution is -2.44. The Kier molecular flexibility index (Phi) is 4.11. The Morgan fingerprint density at radius 3 is 2.68 bits per heavy atom. The number of aliphatic hydroxyl groups excluding tert-OH is 2. The first-order valence-electron chi connectivity index (χ1n) is 8.63. The Hall–Kier alpha value is -1.81. The van der Waals surface area contributed by atoms with Gasteiger partial charge in [-0.3, -0.25) is 4.57 Å². The van der Waals surface area contributed by atoms with Crippen LogP contribution in [-0.2, 0) is 4.74 Å². The fraction of sp³-hybridized carbons (Fsp3) is 0.688. The van der Waals surface area contributed by atoms with Crippen LogP contribution in [0.2, 0.25) is 0 Å². The van der Waals surface area contributed by atoms with Gasteiger partial charge in [0.25, 0.3) is 0 Å². The molecule has 2 fully saturated rings. The van der Waals surface area contributed by atoms with Gasteiger partial charge in [-0.1, -0.05) is 0 Å². The van der Waals surface area contributed by atoms with Crippen molar-refractivity contribution < 1.29 is 20.1 Å². The van der Waals surface area contributed by atoms with Gasteiger partial charge >= 0.3 is 0 Å². The predicted octanol–water partition coefficient (Wildman–Crippen LogP) is -0.182. The van der Waals surface area contributed by atoms with Gasteiger partial charge in [0, 0.05) is 13.1 Å². The van der Waals surface area contributed by atoms with E-state index in [1.54, 1.807) is 10.9 Å². The van der Waals surface area contributed by atoms with Crippen LogP contribution >= 0.6 is 0 Å². The van der Waals surface area contributed by atoms with Gasteiger partial charge in [-0.05, 0) is 26.2 Å². The summed E-state index contributed by atoms with van der Waals surface area (Å²) < 4.78 is 7.28. The molecule has 0 aliphatic carbocycles. The van der Waals surface area contributed by atoms with E-state index in [0.29, 0.717) is 11.2 Å². The molecule has 2 aliphatic rings. The number of hydrogen-bond acceptors (Lipinski definition) is 8. The summed E-state index contributed by atoms with van der Waals surface area (Å²) in [6, 6.07) is 0. The Morgan fingerprint density at radius 2 is 2.00 bits per heavy atom. The number of rotatable bonds is 3. The molecule has 3 N–H and O–H groups in total. The van der Waals surface area contributed by atoms with Crippen molar-refractivity contribution in [2.75, 3.05) is 24.6 Å². The molecule has 0 amide bonds. The van der Waals surface area contributed by atoms with Crippen LogP contribution in [0.4, 0.5) is 5.82 Å². The molecule has 0 saturated carbocycles. The molecule has 9 heteroatoms. The standard InChI is InChI=1S/C16H23N5O4/c1-16(24)12(23)10(7-22)25-15(16)21-9-19-11-13(17-8-18-14(11)21)20-5-3-2-4-6-20/h8-10,12,15,22-24H,2-7H2,1H3/t10-,12-,15-,16-/m1/s1. The fourth-order valence-electron chi connectivity index (χ4n) is 3.74. The van der Waals surface area contributed by atoms with Gasteiger partial charge in [0.2, 0.25) is 0 Å². The molecule has 25 heavy (non-hydrogen) atoms. The minimum Gasteiger partial charge on any atom is -0.394 e. The fourth-order valence-corrected chi connectivity index (χ4v) is 3.74. The highest BCUT2D eigenvalue weighted by molar-refractivity contribution is 5.83. The number of ether oxygens (including phenoxy) is 1. The number of anilines is 1. The molecule has 0 aromatic carbocycles. The predicted molar refractivity (Wildman–Crippen MR) is 89.0 cm³/mol. The van der Waals surface area contributed by atoms with Gasteiger partial charge in [-0.25, -0.2) is 15.0 Å². The van der Waals surface area contributed by atoms with Crippen molar-refractivity contribution in [3.05, 3.63) is 12.7 Å². The average molecular weight is 349 g/mol. The lowest BCUT2D eigenvalue weighted by Gasteiger charge is -2.28. The molecule has 9 nitrogen and oxygen atoms in total. The van der Waals surface area contributed by atoms with Crippen LogP contribution in [0.5, 0.6) is 0 Å². The van der Waals surface area contributed by atoms with Gasteiger partial charge in [0.15, 0.2) is 23.2 Å². The van der Waals surface area contributed by atoms with E-state index in [4.69, 9.17) is 4.74 Å². The van der Waals surface area contributed by atoms with Crippen LogP contribution in [0, 0.1) is 0 Å². The molecule has 4 rings (SSSR count). The number of aliphatic hydroxyl groups is 3. The average Bonchev–Trinajstić information content (AvgIpc) is 3.15. The lowest BCUT2D eigenvalue weighted by atomic mass is 9.96. The second-order valence-corrected chi connectivity index (χ2v) is 6.95. The zero-order chi connectivity index (χ0) is 17.6. The summed E-state index contributed by atoms with van der Waals surface area (Å²) in [6.07, 6.45) is 3.52. The normalized spacial score (nSPS) is 33.3. The molecule has 0 spiro atoms. The van der Waals surface area contributed by atoms with Crippen LogP contribution < -0.4 is 4.90 Å². The Morgan fingerprint density at radius 1 is 1.24 bits per heavy atom. The monoisotopic (exact) mass is 349 g/mol. The molecule has 4 heterocycles. The highest BCUT2D eigenvalue weighted by Crippen LogP contribution is 2.39. The highest BCUT2D eigenvalue weighted by Gasteiger charge is 2.53. The van der Waals surface area contributed by atoms with Crippen molar-refractivity contribution in [2.45, 2.75) is 50.2 Å². The van der Waals surface area contributed by atoms with Gasteiger partial charge < -0.3 is 25.0 Å². The molecular weight excluding hydrogens is 326 g/mol. The van der Waals surface area contributed by atoms with E-state index in [-0.39, 0.29) is 6.61 Å². The maximum Gasteiger partial charge on any atom is 0.168 e. The Bertz CT molecular complexity index is 758. The first kappa shape index (κ1) is 16.6. The second kappa shape index (κ2) is 6.17. The van der Waals surface area contributed by atoms with Gasteiger partial charge in [0.1, 0.15) is 24.1 Å². The summed E-state index contributed by atoms with van der Waals surface area (Å²) in [5.74, 6) is 0.778. The molecule has 0 unspecified atom stereocenters. The third kappa shape index (κ3) is 2.58. The summed E-state index contributed by atoms with van der Waals surface area (Å²) in [5.41, 5.74) is -0.394. The van der Waals surface area contributed by atoms with Crippen molar-refractivity contribution in [1.82, 2.24) is 19.5 Å². The number of imidazole rings is 1. The van der Waals surface area contributed by atoms with Crippen LogP contribution in [0.3, 0.4) is 0 Å². The molecule has 0 radical (unpaired) electrons. The van der Waals surface area contributed by atoms with E-state index in [1.165, 1.54) is 19.7 Å². The molecule has 0 bridgehead atoms. The van der Waals surface area contributed by atoms with E-state index < -0.39 is 24.0 Å². The van der Waals surface area contributed by atoms with Crippen LogP contribution in [0.1, 0.15) is 32.4 Å². The summed E-state index contributed by atoms with van der Waals surface area (Å²) in [4.78, 5) is 15.3. The van der Waals surface area contributed by atoms with Crippen molar-refractivity contribution in [3.63, 3.8) is 0 Å². The molecular formula is C16H23N5O4.